The lowest BCUT2D eigenvalue weighted by Crippen LogP contribution is -2.53. The van der Waals surface area contributed by atoms with E-state index in [9.17, 15) is 9.90 Å². The lowest BCUT2D eigenvalue weighted by atomic mass is 9.86. The van der Waals surface area contributed by atoms with Gasteiger partial charge >= 0.3 is 6.09 Å². The highest BCUT2D eigenvalue weighted by Crippen LogP contribution is 2.37. The van der Waals surface area contributed by atoms with Crippen molar-refractivity contribution in [2.24, 2.45) is 11.8 Å². The van der Waals surface area contributed by atoms with E-state index in [1.165, 1.54) is 53.7 Å². The third kappa shape index (κ3) is 8.52. The topological polar surface area (TPSA) is 68.3 Å². The monoisotopic (exact) mass is 766 g/mol. The van der Waals surface area contributed by atoms with Crippen LogP contribution in [0.1, 0.15) is 71.1 Å². The molecule has 6 saturated heterocycles. The zero-order valence-electron chi connectivity index (χ0n) is 31.0. The summed E-state index contributed by atoms with van der Waals surface area (Å²) in [5, 5.41) is 14.4. The Morgan fingerprint density at radius 3 is 1.76 bits per heavy atom. The van der Waals surface area contributed by atoms with E-state index in [0.29, 0.717) is 29.4 Å². The molecule has 9 heteroatoms. The number of rotatable bonds is 3. The summed E-state index contributed by atoms with van der Waals surface area (Å²) >= 11 is 12.0. The maximum Gasteiger partial charge on any atom is 0.410 e. The minimum atomic E-state index is -0.187. The van der Waals surface area contributed by atoms with E-state index < -0.39 is 0 Å². The molecule has 8 heterocycles. The average molecular weight is 768 g/mol. The number of hydrogen-bond acceptors (Lipinski definition) is 6. The van der Waals surface area contributed by atoms with Crippen LogP contribution in [-0.2, 0) is 17.6 Å². The summed E-state index contributed by atoms with van der Waals surface area (Å²) < 4.78 is 6.07. The molecule has 6 fully saturated rings. The predicted molar refractivity (Wildman–Crippen MR) is 216 cm³/mol. The molecular weight excluding hydrogens is 715 g/mol. The van der Waals surface area contributed by atoms with Crippen LogP contribution in [0, 0.1) is 11.8 Å². The Morgan fingerprint density at radius 2 is 1.20 bits per heavy atom. The summed E-state index contributed by atoms with van der Waals surface area (Å²) in [7, 11) is 0. The molecule has 4 aromatic carbocycles. The second-order valence-corrected chi connectivity index (χ2v) is 16.6. The smallest absolute Gasteiger partial charge is 0.410 e. The Labute approximate surface area is 330 Å². The fraction of sp³-hybridized carbons (Fsp3) is 0.444. The highest BCUT2D eigenvalue weighted by molar-refractivity contribution is 6.30. The van der Waals surface area contributed by atoms with Gasteiger partial charge in [-0.1, -0.05) is 96.0 Å². The number of carbonyl (C=O) groups is 1. The van der Waals surface area contributed by atoms with Gasteiger partial charge in [-0.2, -0.15) is 0 Å². The average Bonchev–Trinajstić information content (AvgIpc) is 3.22. The molecule has 7 nitrogen and oxygen atoms in total. The van der Waals surface area contributed by atoms with Crippen molar-refractivity contribution in [1.82, 2.24) is 20.0 Å². The van der Waals surface area contributed by atoms with E-state index >= 15 is 0 Å². The van der Waals surface area contributed by atoms with Crippen molar-refractivity contribution in [3.63, 3.8) is 0 Å². The molecule has 0 aliphatic carbocycles. The number of aliphatic hydroxyl groups is 1. The fourth-order valence-electron chi connectivity index (χ4n) is 9.40. The second-order valence-electron chi connectivity index (χ2n) is 15.7. The summed E-state index contributed by atoms with van der Waals surface area (Å²) in [4.78, 5) is 19.9. The first kappa shape index (κ1) is 37.5. The maximum absolute atomic E-state index is 13.3. The minimum Gasteiger partial charge on any atom is -0.444 e. The number of nitrogens with one attached hydrogen (secondary N) is 1. The second kappa shape index (κ2) is 17.2. The van der Waals surface area contributed by atoms with Gasteiger partial charge in [0.1, 0.15) is 6.10 Å². The van der Waals surface area contributed by atoms with Crippen LogP contribution >= 0.6 is 23.2 Å². The van der Waals surface area contributed by atoms with Gasteiger partial charge in [-0.25, -0.2) is 4.79 Å². The molecule has 0 spiro atoms. The molecular formula is C45H52Cl2N4O3. The fourth-order valence-corrected chi connectivity index (χ4v) is 9.65. The zero-order chi connectivity index (χ0) is 37.0. The number of halogens is 2. The van der Waals surface area contributed by atoms with Crippen LogP contribution in [0.25, 0.3) is 0 Å². The van der Waals surface area contributed by atoms with Crippen LogP contribution in [0.15, 0.2) is 97.1 Å². The minimum absolute atomic E-state index is 0.00694. The van der Waals surface area contributed by atoms with Crippen molar-refractivity contribution in [2.75, 3.05) is 52.4 Å². The Kier molecular flexibility index (Phi) is 11.9. The largest absolute Gasteiger partial charge is 0.444 e. The van der Waals surface area contributed by atoms with Crippen LogP contribution < -0.4 is 5.32 Å². The zero-order valence-corrected chi connectivity index (χ0v) is 32.5. The number of amides is 1. The first-order valence-corrected chi connectivity index (χ1v) is 20.6. The van der Waals surface area contributed by atoms with Gasteiger partial charge in [0.15, 0.2) is 0 Å². The molecule has 1 amide bonds. The summed E-state index contributed by atoms with van der Waals surface area (Å²) in [6.07, 6.45) is 6.53. The van der Waals surface area contributed by atoms with E-state index in [0.717, 1.165) is 69.0 Å². The first-order chi connectivity index (χ1) is 26.4. The van der Waals surface area contributed by atoms with Gasteiger partial charge in [0.05, 0.1) is 18.2 Å². The molecule has 4 atom stereocenters. The van der Waals surface area contributed by atoms with E-state index in [2.05, 4.69) is 69.7 Å². The SMILES string of the molecule is Clc1ccc([C@@H]2NCCc3ccccc32)cc1.O=C(O[C@@H]1CN2CCC1CC2)N1CCc2ccccc2[C@@H]1c1ccc(Cl)cc1.O[C@@H]1CN2CCC1CC2. The first-order valence-electron chi connectivity index (χ1n) is 19.9. The van der Waals surface area contributed by atoms with Crippen molar-refractivity contribution in [3.8, 4) is 0 Å². The summed E-state index contributed by atoms with van der Waals surface area (Å²) in [5.74, 6) is 1.15. The molecule has 284 valence electrons. The van der Waals surface area contributed by atoms with Gasteiger partial charge in [-0.05, 0) is 134 Å². The number of nitrogens with zero attached hydrogens (tertiary/aromatic N) is 3. The summed E-state index contributed by atoms with van der Waals surface area (Å²) in [6.45, 7) is 8.25. The Morgan fingerprint density at radius 1 is 0.648 bits per heavy atom. The molecule has 4 aromatic rings. The van der Waals surface area contributed by atoms with Gasteiger partial charge in [-0.3, -0.25) is 9.80 Å². The number of piperidine rings is 6. The number of hydrogen-bond donors (Lipinski definition) is 2. The van der Waals surface area contributed by atoms with Crippen LogP contribution in [0.3, 0.4) is 0 Å². The van der Waals surface area contributed by atoms with E-state index in [1.807, 2.05) is 47.4 Å². The van der Waals surface area contributed by atoms with E-state index in [-0.39, 0.29) is 24.3 Å². The van der Waals surface area contributed by atoms with Crippen LogP contribution in [0.4, 0.5) is 4.79 Å². The molecule has 8 aliphatic rings. The summed E-state index contributed by atoms with van der Waals surface area (Å²) in [5.41, 5.74) is 7.67. The number of fused-ring (bicyclic) bond motifs is 8. The Hall–Kier alpha value is -3.43. The number of ether oxygens (including phenoxy) is 1. The van der Waals surface area contributed by atoms with Crippen molar-refractivity contribution in [2.45, 2.75) is 62.8 Å². The Bertz CT molecular complexity index is 1860. The predicted octanol–water partition coefficient (Wildman–Crippen LogP) is 8.17. The van der Waals surface area contributed by atoms with Crippen LogP contribution in [0.2, 0.25) is 10.0 Å². The van der Waals surface area contributed by atoms with Gasteiger partial charge in [0, 0.05) is 36.2 Å². The molecule has 2 N–H and O–H groups in total. The van der Waals surface area contributed by atoms with Crippen LogP contribution in [0.5, 0.6) is 0 Å². The molecule has 0 saturated carbocycles. The van der Waals surface area contributed by atoms with Gasteiger partial charge in [0.25, 0.3) is 0 Å². The highest BCUT2D eigenvalue weighted by Gasteiger charge is 2.40. The van der Waals surface area contributed by atoms with Gasteiger partial charge in [-0.15, -0.1) is 0 Å². The lowest BCUT2D eigenvalue weighted by molar-refractivity contribution is -0.0462. The highest BCUT2D eigenvalue weighted by atomic mass is 35.5. The molecule has 12 rings (SSSR count). The van der Waals surface area contributed by atoms with Crippen molar-refractivity contribution >= 4 is 29.3 Å². The third-order valence-electron chi connectivity index (χ3n) is 12.5. The van der Waals surface area contributed by atoms with Crippen molar-refractivity contribution in [3.05, 3.63) is 140 Å². The molecule has 0 radical (unpaired) electrons. The van der Waals surface area contributed by atoms with Gasteiger partial charge in [0.2, 0.25) is 0 Å². The summed E-state index contributed by atoms with van der Waals surface area (Å²) in [6, 6.07) is 33.2. The normalized spacial score (nSPS) is 29.1. The standard InChI is InChI=1S/C23H25ClN2O2.C15H14ClN.C7H13NO/c24-19-7-5-18(6-8-19)22-20-4-2-1-3-16(20)11-14-26(22)23(27)28-21-15-25-12-9-17(21)10-13-25;16-13-7-5-12(6-8-13)15-14-4-2-1-3-11(14)9-10-17-15;9-7-5-8-3-1-6(7)2-4-8/h1-8,17,21-22H,9-15H2;1-8,15,17H,9-10H2;6-7,9H,1-5H2/t21-,22+;15-;7-/m101/s1. The van der Waals surface area contributed by atoms with Gasteiger partial charge < -0.3 is 20.1 Å². The van der Waals surface area contributed by atoms with Crippen molar-refractivity contribution < 1.29 is 14.6 Å². The quantitative estimate of drug-likeness (QED) is 0.220. The van der Waals surface area contributed by atoms with Crippen LogP contribution in [-0.4, -0.2) is 90.5 Å². The van der Waals surface area contributed by atoms with E-state index in [1.54, 1.807) is 0 Å². The number of carbonyl (C=O) groups excluding carboxylic acids is 1. The molecule has 54 heavy (non-hydrogen) atoms. The van der Waals surface area contributed by atoms with E-state index in [4.69, 9.17) is 27.9 Å². The number of benzene rings is 4. The third-order valence-corrected chi connectivity index (χ3v) is 13.0. The number of aliphatic hydroxyl groups excluding tert-OH is 1. The molecule has 4 bridgehead atoms. The molecule has 0 aromatic heterocycles. The maximum atomic E-state index is 13.3. The lowest BCUT2D eigenvalue weighted by Gasteiger charge is -2.45. The molecule has 0 unspecified atom stereocenters. The van der Waals surface area contributed by atoms with Crippen molar-refractivity contribution in [1.29, 1.82) is 0 Å². The Balaban J connectivity index is 0.000000133. The molecule has 8 aliphatic heterocycles.